The van der Waals surface area contributed by atoms with Crippen LogP contribution in [0, 0.1) is 17.0 Å². The lowest BCUT2D eigenvalue weighted by Crippen LogP contribution is -2.15. The summed E-state index contributed by atoms with van der Waals surface area (Å²) in [6, 6.07) is 11.7. The zero-order chi connectivity index (χ0) is 19.4. The number of rotatable bonds is 6. The molecule has 0 aliphatic rings. The topological polar surface area (TPSA) is 111 Å². The summed E-state index contributed by atoms with van der Waals surface area (Å²) in [7, 11) is 0. The normalized spacial score (nSPS) is 10.6. The maximum Gasteiger partial charge on any atom is 0.277 e. The van der Waals surface area contributed by atoms with Gasteiger partial charge in [0.15, 0.2) is 0 Å². The fourth-order valence-corrected chi connectivity index (χ4v) is 3.14. The molecular formula is C17H13BrN4O4S. The first-order valence-corrected chi connectivity index (χ1v) is 9.47. The van der Waals surface area contributed by atoms with Gasteiger partial charge in [0.25, 0.3) is 10.9 Å². The van der Waals surface area contributed by atoms with E-state index in [4.69, 9.17) is 4.42 Å². The Labute approximate surface area is 166 Å². The van der Waals surface area contributed by atoms with Gasteiger partial charge in [-0.15, -0.1) is 10.2 Å². The van der Waals surface area contributed by atoms with E-state index in [2.05, 4.69) is 31.4 Å². The number of non-ortho nitro benzene ring substituents is 1. The zero-order valence-electron chi connectivity index (χ0n) is 14.0. The average molecular weight is 449 g/mol. The fraction of sp³-hybridized carbons (Fsp3) is 0.118. The number of benzene rings is 2. The number of nitro benzene ring substituents is 1. The highest BCUT2D eigenvalue weighted by molar-refractivity contribution is 9.10. The van der Waals surface area contributed by atoms with Crippen LogP contribution in [0.1, 0.15) is 5.56 Å². The summed E-state index contributed by atoms with van der Waals surface area (Å²) in [5.41, 5.74) is 1.81. The first-order valence-electron chi connectivity index (χ1n) is 7.69. The molecule has 0 bridgehead atoms. The highest BCUT2D eigenvalue weighted by atomic mass is 79.9. The second kappa shape index (κ2) is 8.31. The number of nitrogens with zero attached hydrogens (tertiary/aromatic N) is 3. The molecule has 1 N–H and O–H groups in total. The van der Waals surface area contributed by atoms with Crippen LogP contribution in [0.4, 0.5) is 11.4 Å². The van der Waals surface area contributed by atoms with E-state index >= 15 is 0 Å². The summed E-state index contributed by atoms with van der Waals surface area (Å²) in [5, 5.41) is 21.7. The molecule has 2 aromatic carbocycles. The predicted molar refractivity (Wildman–Crippen MR) is 105 cm³/mol. The van der Waals surface area contributed by atoms with E-state index in [9.17, 15) is 14.9 Å². The Morgan fingerprint density at radius 1 is 1.30 bits per heavy atom. The highest BCUT2D eigenvalue weighted by Gasteiger charge is 2.14. The van der Waals surface area contributed by atoms with Gasteiger partial charge >= 0.3 is 0 Å². The van der Waals surface area contributed by atoms with E-state index in [0.29, 0.717) is 11.6 Å². The molecule has 3 aromatic rings. The Morgan fingerprint density at radius 3 is 2.85 bits per heavy atom. The van der Waals surface area contributed by atoms with Crippen LogP contribution < -0.4 is 5.32 Å². The van der Waals surface area contributed by atoms with Crippen LogP contribution in [0.5, 0.6) is 0 Å². The molecule has 0 aliphatic carbocycles. The Kier molecular flexibility index (Phi) is 5.87. The number of carbonyl (C=O) groups excluding carboxylic acids is 1. The molecule has 0 fully saturated rings. The minimum atomic E-state index is -0.508. The molecule has 1 heterocycles. The van der Waals surface area contributed by atoms with Crippen molar-refractivity contribution >= 4 is 45.0 Å². The van der Waals surface area contributed by atoms with Gasteiger partial charge in [-0.05, 0) is 30.7 Å². The molecule has 1 amide bonds. The Morgan fingerprint density at radius 2 is 2.11 bits per heavy atom. The molecule has 0 radical (unpaired) electrons. The number of halogens is 1. The van der Waals surface area contributed by atoms with Gasteiger partial charge in [0.1, 0.15) is 0 Å². The Bertz CT molecular complexity index is 1010. The van der Waals surface area contributed by atoms with Crippen LogP contribution in [-0.4, -0.2) is 26.8 Å². The molecule has 0 saturated carbocycles. The van der Waals surface area contributed by atoms with Crippen molar-refractivity contribution in [3.8, 4) is 11.5 Å². The summed E-state index contributed by atoms with van der Waals surface area (Å²) >= 11 is 4.46. The van der Waals surface area contributed by atoms with Gasteiger partial charge < -0.3 is 9.73 Å². The largest absolute Gasteiger partial charge is 0.411 e. The molecule has 27 heavy (non-hydrogen) atoms. The molecule has 0 atom stereocenters. The van der Waals surface area contributed by atoms with Gasteiger partial charge in [0, 0.05) is 22.2 Å². The third kappa shape index (κ3) is 4.92. The lowest BCUT2D eigenvalue weighted by molar-refractivity contribution is -0.384. The summed E-state index contributed by atoms with van der Waals surface area (Å²) in [6.45, 7) is 1.76. The first kappa shape index (κ1) is 19.1. The van der Waals surface area contributed by atoms with Crippen molar-refractivity contribution in [1.82, 2.24) is 10.2 Å². The number of hydrogen-bond acceptors (Lipinski definition) is 7. The van der Waals surface area contributed by atoms with Crippen molar-refractivity contribution in [2.75, 3.05) is 11.1 Å². The number of hydrogen-bond donors (Lipinski definition) is 1. The second-order valence-corrected chi connectivity index (χ2v) is 7.32. The molecule has 0 aliphatic heterocycles. The number of thioether (sulfide) groups is 1. The van der Waals surface area contributed by atoms with Gasteiger partial charge in [-0.2, -0.15) is 0 Å². The van der Waals surface area contributed by atoms with Crippen molar-refractivity contribution < 1.29 is 14.1 Å². The third-order valence-electron chi connectivity index (χ3n) is 3.51. The van der Waals surface area contributed by atoms with E-state index < -0.39 is 4.92 Å². The molecule has 138 valence electrons. The summed E-state index contributed by atoms with van der Waals surface area (Å²) < 4.78 is 6.44. The molecule has 1 aromatic heterocycles. The van der Waals surface area contributed by atoms with E-state index in [0.717, 1.165) is 27.4 Å². The van der Waals surface area contributed by atoms with Gasteiger partial charge in [0.05, 0.1) is 16.4 Å². The minimum absolute atomic E-state index is 0.0300. The first-order chi connectivity index (χ1) is 12.9. The van der Waals surface area contributed by atoms with Crippen LogP contribution >= 0.6 is 27.7 Å². The number of anilines is 1. The maximum absolute atomic E-state index is 12.1. The lowest BCUT2D eigenvalue weighted by atomic mass is 10.2. The number of aryl methyl sites for hydroxylation is 1. The fourth-order valence-electron chi connectivity index (χ4n) is 2.18. The van der Waals surface area contributed by atoms with Gasteiger partial charge in [0.2, 0.25) is 11.8 Å². The van der Waals surface area contributed by atoms with Gasteiger partial charge in [-0.3, -0.25) is 14.9 Å². The summed E-state index contributed by atoms with van der Waals surface area (Å²) in [4.78, 5) is 22.5. The number of amides is 1. The van der Waals surface area contributed by atoms with Crippen molar-refractivity contribution in [1.29, 1.82) is 0 Å². The van der Waals surface area contributed by atoms with E-state index in [-0.39, 0.29) is 22.6 Å². The number of nitrogens with one attached hydrogen (secondary N) is 1. The minimum Gasteiger partial charge on any atom is -0.411 e. The predicted octanol–water partition coefficient (Wildman–Crippen LogP) is 4.45. The Hall–Kier alpha value is -2.72. The standard InChI is InChI=1S/C17H13BrN4O4S/c1-10-5-6-13(22(24)25)8-14(10)19-15(23)9-27-17-21-20-16(26-17)11-3-2-4-12(18)7-11/h2-8H,9H2,1H3,(H,19,23). The average Bonchev–Trinajstić information content (AvgIpc) is 3.11. The molecule has 0 spiro atoms. The smallest absolute Gasteiger partial charge is 0.277 e. The van der Waals surface area contributed by atoms with Crippen LogP contribution in [0.25, 0.3) is 11.5 Å². The van der Waals surface area contributed by atoms with E-state index in [1.807, 2.05) is 24.3 Å². The van der Waals surface area contributed by atoms with E-state index in [1.54, 1.807) is 13.0 Å². The highest BCUT2D eigenvalue weighted by Crippen LogP contribution is 2.26. The molecule has 3 rings (SSSR count). The molecule has 8 nitrogen and oxygen atoms in total. The molecule has 0 saturated heterocycles. The van der Waals surface area contributed by atoms with Gasteiger partial charge in [-0.25, -0.2) is 0 Å². The number of aromatic nitrogens is 2. The van der Waals surface area contributed by atoms with Crippen LogP contribution in [0.2, 0.25) is 0 Å². The lowest BCUT2D eigenvalue weighted by Gasteiger charge is -2.07. The summed E-state index contributed by atoms with van der Waals surface area (Å²) in [5.74, 6) is 0.0574. The van der Waals surface area contributed by atoms with Crippen molar-refractivity contribution in [3.63, 3.8) is 0 Å². The quantitative estimate of drug-likeness (QED) is 0.336. The summed E-state index contributed by atoms with van der Waals surface area (Å²) in [6.07, 6.45) is 0. The zero-order valence-corrected chi connectivity index (χ0v) is 16.4. The second-order valence-electron chi connectivity index (χ2n) is 5.48. The van der Waals surface area contributed by atoms with Crippen molar-refractivity contribution in [2.45, 2.75) is 12.1 Å². The van der Waals surface area contributed by atoms with Crippen LogP contribution in [0.3, 0.4) is 0 Å². The Balaban J connectivity index is 1.62. The van der Waals surface area contributed by atoms with Gasteiger partial charge in [-0.1, -0.05) is 39.8 Å². The third-order valence-corrected chi connectivity index (χ3v) is 4.82. The number of nitro groups is 1. The monoisotopic (exact) mass is 448 g/mol. The molecular weight excluding hydrogens is 436 g/mol. The number of carbonyl (C=O) groups is 1. The molecule has 0 unspecified atom stereocenters. The van der Waals surface area contributed by atoms with Crippen molar-refractivity contribution in [3.05, 3.63) is 62.6 Å². The SMILES string of the molecule is Cc1ccc([N+](=O)[O-])cc1NC(=O)CSc1nnc(-c2cccc(Br)c2)o1. The molecule has 10 heteroatoms. The van der Waals surface area contributed by atoms with Crippen molar-refractivity contribution in [2.24, 2.45) is 0 Å². The van der Waals surface area contributed by atoms with Crippen LogP contribution in [-0.2, 0) is 4.79 Å². The van der Waals surface area contributed by atoms with E-state index in [1.165, 1.54) is 12.1 Å². The van der Waals surface area contributed by atoms with Crippen LogP contribution in [0.15, 0.2) is 56.6 Å². The maximum atomic E-state index is 12.1.